The predicted molar refractivity (Wildman–Crippen MR) is 107 cm³/mol. The molecule has 122 valence electrons. The van der Waals surface area contributed by atoms with Crippen molar-refractivity contribution in [3.05, 3.63) is 59.0 Å². The van der Waals surface area contributed by atoms with E-state index in [0.717, 1.165) is 44.2 Å². The van der Waals surface area contributed by atoms with Crippen LogP contribution in [0.15, 0.2) is 29.1 Å². The first-order chi connectivity index (χ1) is 11.6. The first-order valence-electron chi connectivity index (χ1n) is 7.66. The maximum Gasteiger partial charge on any atom is 0.270 e. The zero-order valence-corrected chi connectivity index (χ0v) is 16.4. The Hall–Kier alpha value is -1.32. The summed E-state index contributed by atoms with van der Waals surface area (Å²) in [5.41, 5.74) is 1.27. The van der Waals surface area contributed by atoms with Gasteiger partial charge in [0.2, 0.25) is 0 Å². The number of nitrogens with one attached hydrogen (secondary N) is 1. The quantitative estimate of drug-likeness (QED) is 0.428. The molecule has 2 heterocycles. The summed E-state index contributed by atoms with van der Waals surface area (Å²) in [6.45, 7) is 0. The molecule has 4 nitrogen and oxygen atoms in total. The number of aromatic nitrogens is 2. The van der Waals surface area contributed by atoms with E-state index in [-0.39, 0.29) is 16.2 Å². The van der Waals surface area contributed by atoms with Crippen LogP contribution in [0.2, 0.25) is 0 Å². The van der Waals surface area contributed by atoms with Crippen LogP contribution in [0.5, 0.6) is 0 Å². The van der Waals surface area contributed by atoms with Crippen molar-refractivity contribution < 1.29 is 4.79 Å². The molecule has 3 aromatic rings. The Kier molecular flexibility index (Phi) is 4.17. The molecular weight excluding hydrogens is 455 g/mol. The third-order valence-corrected chi connectivity index (χ3v) is 6.45. The molecule has 1 aromatic carbocycles. The van der Waals surface area contributed by atoms with Crippen LogP contribution in [0.4, 0.5) is 0 Å². The number of aryl methyl sites for hydroxylation is 2. The van der Waals surface area contributed by atoms with Crippen molar-refractivity contribution in [3.63, 3.8) is 0 Å². The summed E-state index contributed by atoms with van der Waals surface area (Å²) in [6.07, 6.45) is 4.13. The monoisotopic (exact) mass is 468 g/mol. The minimum absolute atomic E-state index is 0.162. The summed E-state index contributed by atoms with van der Waals surface area (Å²) in [6, 6.07) is 7.17. The van der Waals surface area contributed by atoms with E-state index in [1.54, 1.807) is 29.5 Å². The summed E-state index contributed by atoms with van der Waals surface area (Å²) in [5.74, 6) is -0.377. The molecule has 1 aliphatic carbocycles. The van der Waals surface area contributed by atoms with E-state index in [2.05, 4.69) is 27.6 Å². The van der Waals surface area contributed by atoms with Gasteiger partial charge >= 0.3 is 0 Å². The minimum Gasteiger partial charge on any atom is -0.323 e. The van der Waals surface area contributed by atoms with E-state index in [1.165, 1.54) is 4.88 Å². The Morgan fingerprint density at radius 1 is 1.29 bits per heavy atom. The zero-order chi connectivity index (χ0) is 16.8. The van der Waals surface area contributed by atoms with Crippen LogP contribution >= 0.6 is 46.1 Å². The van der Waals surface area contributed by atoms with Crippen molar-refractivity contribution in [3.8, 4) is 0 Å². The number of fused-ring (bicyclic) bond motifs is 3. The van der Waals surface area contributed by atoms with Crippen LogP contribution in [-0.4, -0.2) is 15.5 Å². The Balaban J connectivity index is 1.97. The van der Waals surface area contributed by atoms with Crippen molar-refractivity contribution in [2.45, 2.75) is 25.7 Å². The van der Waals surface area contributed by atoms with Gasteiger partial charge in [0.1, 0.15) is 4.83 Å². The maximum atomic E-state index is 13.0. The molecule has 0 radical (unpaired) electrons. The van der Waals surface area contributed by atoms with Gasteiger partial charge in [-0.15, -0.1) is 11.3 Å². The normalized spacial score (nSPS) is 13.9. The number of thiophene rings is 1. The minimum atomic E-state index is -0.377. The zero-order valence-electron chi connectivity index (χ0n) is 12.6. The number of carbonyl (C=O) groups is 1. The van der Waals surface area contributed by atoms with Crippen LogP contribution in [0.25, 0.3) is 10.2 Å². The van der Waals surface area contributed by atoms with Gasteiger partial charge in [0.05, 0.1) is 5.39 Å². The van der Waals surface area contributed by atoms with Gasteiger partial charge in [-0.25, -0.2) is 4.57 Å². The second kappa shape index (κ2) is 6.20. The van der Waals surface area contributed by atoms with E-state index >= 15 is 0 Å². The van der Waals surface area contributed by atoms with Crippen molar-refractivity contribution in [1.82, 2.24) is 9.55 Å². The Morgan fingerprint density at radius 2 is 2.08 bits per heavy atom. The number of rotatable bonds is 1. The van der Waals surface area contributed by atoms with E-state index in [1.807, 2.05) is 6.07 Å². The standard InChI is InChI=1S/C17H13IN2O2S2/c18-10-5-3-4-9(8-10)15(21)20-16(22)13-11-6-1-2-7-12(11)24-14(13)19-17(20)23/h3-5,8H,1-2,6-7H2,(H,19,23). The van der Waals surface area contributed by atoms with Crippen molar-refractivity contribution in [2.24, 2.45) is 0 Å². The molecule has 0 saturated carbocycles. The van der Waals surface area contributed by atoms with Crippen LogP contribution in [-0.2, 0) is 12.8 Å². The predicted octanol–water partition coefficient (Wildman–Crippen LogP) is 4.29. The van der Waals surface area contributed by atoms with Gasteiger partial charge in [-0.1, -0.05) is 6.07 Å². The first kappa shape index (κ1) is 16.2. The molecule has 0 amide bonds. The number of halogens is 1. The highest BCUT2D eigenvalue weighted by Crippen LogP contribution is 2.33. The summed E-state index contributed by atoms with van der Waals surface area (Å²) < 4.78 is 2.20. The molecule has 1 N–H and O–H groups in total. The summed E-state index contributed by atoms with van der Waals surface area (Å²) in [7, 11) is 0. The SMILES string of the molecule is O=C(c1cccc(I)c1)n1c(=S)[nH]c2sc3c(c2c1=O)CCCC3. The highest BCUT2D eigenvalue weighted by molar-refractivity contribution is 14.1. The number of hydrogen-bond donors (Lipinski definition) is 1. The van der Waals surface area contributed by atoms with E-state index in [4.69, 9.17) is 12.2 Å². The van der Waals surface area contributed by atoms with Gasteiger partial charge in [0.15, 0.2) is 4.77 Å². The smallest absolute Gasteiger partial charge is 0.270 e. The number of hydrogen-bond acceptors (Lipinski definition) is 4. The maximum absolute atomic E-state index is 13.0. The molecule has 0 fully saturated rings. The fourth-order valence-corrected chi connectivity index (χ4v) is 5.33. The summed E-state index contributed by atoms with van der Waals surface area (Å²) >= 11 is 9.05. The lowest BCUT2D eigenvalue weighted by Crippen LogP contribution is -2.29. The van der Waals surface area contributed by atoms with Crippen LogP contribution in [0.1, 0.15) is 33.6 Å². The number of nitrogens with zero attached hydrogens (tertiary/aromatic N) is 1. The molecule has 0 unspecified atom stereocenters. The molecule has 0 aliphatic heterocycles. The van der Waals surface area contributed by atoms with E-state index in [9.17, 15) is 9.59 Å². The lowest BCUT2D eigenvalue weighted by molar-refractivity contribution is 0.0953. The molecule has 1 aliphatic rings. The van der Waals surface area contributed by atoms with Crippen LogP contribution in [0.3, 0.4) is 0 Å². The average molecular weight is 468 g/mol. The molecule has 0 saturated heterocycles. The Labute approximate surface area is 160 Å². The van der Waals surface area contributed by atoms with Gasteiger partial charge in [0, 0.05) is 14.0 Å². The molecule has 0 spiro atoms. The van der Waals surface area contributed by atoms with Gasteiger partial charge in [-0.2, -0.15) is 0 Å². The van der Waals surface area contributed by atoms with Crippen molar-refractivity contribution in [2.75, 3.05) is 0 Å². The molecular formula is C17H13IN2O2S2. The van der Waals surface area contributed by atoms with Gasteiger partial charge in [-0.3, -0.25) is 9.59 Å². The highest BCUT2D eigenvalue weighted by Gasteiger charge is 2.22. The lowest BCUT2D eigenvalue weighted by atomic mass is 9.97. The largest absolute Gasteiger partial charge is 0.323 e. The Morgan fingerprint density at radius 3 is 2.88 bits per heavy atom. The first-order valence-corrected chi connectivity index (χ1v) is 9.96. The fraction of sp³-hybridized carbons (Fsp3) is 0.235. The third kappa shape index (κ3) is 2.58. The molecule has 2 aromatic heterocycles. The van der Waals surface area contributed by atoms with Gasteiger partial charge in [0.25, 0.3) is 11.5 Å². The number of H-pyrrole nitrogens is 1. The van der Waals surface area contributed by atoms with Crippen LogP contribution < -0.4 is 5.56 Å². The lowest BCUT2D eigenvalue weighted by Gasteiger charge is -2.10. The molecule has 4 rings (SSSR count). The average Bonchev–Trinajstić information content (AvgIpc) is 2.92. The van der Waals surface area contributed by atoms with Crippen LogP contribution in [0, 0.1) is 8.34 Å². The Bertz CT molecular complexity index is 1090. The van der Waals surface area contributed by atoms with Crippen molar-refractivity contribution >= 4 is 62.3 Å². The third-order valence-electron chi connectivity index (χ3n) is 4.29. The van der Waals surface area contributed by atoms with Gasteiger partial charge < -0.3 is 4.98 Å². The second-order valence-electron chi connectivity index (χ2n) is 5.80. The van der Waals surface area contributed by atoms with E-state index < -0.39 is 0 Å². The number of benzene rings is 1. The van der Waals surface area contributed by atoms with E-state index in [0.29, 0.717) is 10.9 Å². The fourth-order valence-electron chi connectivity index (χ4n) is 3.17. The number of aromatic amines is 1. The van der Waals surface area contributed by atoms with Crippen molar-refractivity contribution in [1.29, 1.82) is 0 Å². The summed E-state index contributed by atoms with van der Waals surface area (Å²) in [4.78, 5) is 31.0. The highest BCUT2D eigenvalue weighted by atomic mass is 127. The molecule has 24 heavy (non-hydrogen) atoms. The number of carbonyl (C=O) groups excluding carboxylic acids is 1. The van der Waals surface area contributed by atoms with Gasteiger partial charge in [-0.05, 0) is 84.3 Å². The topological polar surface area (TPSA) is 54.9 Å². The molecule has 0 atom stereocenters. The molecule has 0 bridgehead atoms. The summed E-state index contributed by atoms with van der Waals surface area (Å²) in [5, 5.41) is 0.641. The molecule has 7 heteroatoms. The second-order valence-corrected chi connectivity index (χ2v) is 8.54.